The molecule has 0 aliphatic carbocycles. The van der Waals surface area contributed by atoms with Crippen LogP contribution in [0.1, 0.15) is 25.5 Å². The number of hydrogen-bond acceptors (Lipinski definition) is 3. The van der Waals surface area contributed by atoms with Gasteiger partial charge in [0, 0.05) is 19.7 Å². The molecule has 1 aromatic rings. The van der Waals surface area contributed by atoms with E-state index in [0.29, 0.717) is 25.8 Å². The number of ether oxygens (including phenoxy) is 2. The van der Waals surface area contributed by atoms with E-state index < -0.39 is 0 Å². The largest absolute Gasteiger partial charge is 0.382 e. The van der Waals surface area contributed by atoms with Crippen LogP contribution in [0, 0.1) is 5.82 Å². The molecule has 4 heteroatoms. The van der Waals surface area contributed by atoms with Crippen LogP contribution in [0.4, 0.5) is 4.39 Å². The predicted molar refractivity (Wildman–Crippen MR) is 70.1 cm³/mol. The smallest absolute Gasteiger partial charge is 0.123 e. The van der Waals surface area contributed by atoms with Gasteiger partial charge in [-0.15, -0.1) is 0 Å². The molecule has 0 saturated heterocycles. The molecule has 0 fully saturated rings. The molecule has 1 unspecified atom stereocenters. The lowest BCUT2D eigenvalue weighted by atomic mass is 10.1. The summed E-state index contributed by atoms with van der Waals surface area (Å²) in [5.74, 6) is -0.230. The van der Waals surface area contributed by atoms with Crippen LogP contribution in [0.5, 0.6) is 0 Å². The maximum absolute atomic E-state index is 12.9. The Morgan fingerprint density at radius 2 is 1.83 bits per heavy atom. The first kappa shape index (κ1) is 15.1. The highest BCUT2D eigenvalue weighted by Gasteiger charge is 2.12. The standard InChI is InChI=1S/C14H22FNO2/c1-11(2)16-10-14(18-9-8-17-3)12-4-6-13(15)7-5-12/h4-7,11,14,16H,8-10H2,1-3H3. The average Bonchev–Trinajstić information content (AvgIpc) is 2.34. The Bertz CT molecular complexity index is 327. The van der Waals surface area contributed by atoms with Crippen LogP contribution in [-0.4, -0.2) is 32.9 Å². The minimum atomic E-state index is -0.230. The number of rotatable bonds is 8. The number of halogens is 1. The highest BCUT2D eigenvalue weighted by molar-refractivity contribution is 5.19. The summed E-state index contributed by atoms with van der Waals surface area (Å²) in [5.41, 5.74) is 0.973. The van der Waals surface area contributed by atoms with Gasteiger partial charge in [0.1, 0.15) is 5.82 Å². The Morgan fingerprint density at radius 1 is 1.17 bits per heavy atom. The summed E-state index contributed by atoms with van der Waals surface area (Å²) in [7, 11) is 1.64. The number of benzene rings is 1. The fourth-order valence-corrected chi connectivity index (χ4v) is 1.57. The van der Waals surface area contributed by atoms with Gasteiger partial charge in [-0.25, -0.2) is 4.39 Å². The van der Waals surface area contributed by atoms with Crippen molar-refractivity contribution in [2.24, 2.45) is 0 Å². The summed E-state index contributed by atoms with van der Waals surface area (Å²) in [6, 6.07) is 6.82. The number of hydrogen-bond donors (Lipinski definition) is 1. The molecule has 0 bridgehead atoms. The topological polar surface area (TPSA) is 30.5 Å². The molecule has 18 heavy (non-hydrogen) atoms. The van der Waals surface area contributed by atoms with Crippen molar-refractivity contribution in [1.29, 1.82) is 0 Å². The van der Waals surface area contributed by atoms with Gasteiger partial charge in [-0.05, 0) is 17.7 Å². The summed E-state index contributed by atoms with van der Waals surface area (Å²) >= 11 is 0. The molecule has 0 aliphatic rings. The molecule has 0 amide bonds. The molecule has 0 saturated carbocycles. The molecule has 0 heterocycles. The van der Waals surface area contributed by atoms with E-state index in [1.807, 2.05) is 0 Å². The lowest BCUT2D eigenvalue weighted by Gasteiger charge is -2.20. The Hall–Kier alpha value is -0.970. The van der Waals surface area contributed by atoms with Crippen LogP contribution >= 0.6 is 0 Å². The van der Waals surface area contributed by atoms with E-state index in [1.165, 1.54) is 12.1 Å². The van der Waals surface area contributed by atoms with E-state index in [0.717, 1.165) is 5.56 Å². The lowest BCUT2D eigenvalue weighted by Crippen LogP contribution is -2.29. The Labute approximate surface area is 108 Å². The van der Waals surface area contributed by atoms with Crippen molar-refractivity contribution in [1.82, 2.24) is 5.32 Å². The number of nitrogens with one attached hydrogen (secondary N) is 1. The van der Waals surface area contributed by atoms with Gasteiger partial charge in [-0.1, -0.05) is 26.0 Å². The van der Waals surface area contributed by atoms with Gasteiger partial charge in [-0.2, -0.15) is 0 Å². The highest BCUT2D eigenvalue weighted by Crippen LogP contribution is 2.17. The SMILES string of the molecule is COCCOC(CNC(C)C)c1ccc(F)cc1. The third-order valence-electron chi connectivity index (χ3n) is 2.56. The second-order valence-electron chi connectivity index (χ2n) is 4.47. The first-order valence-corrected chi connectivity index (χ1v) is 6.23. The van der Waals surface area contributed by atoms with Crippen LogP contribution in [0.25, 0.3) is 0 Å². The Balaban J connectivity index is 2.60. The normalized spacial score (nSPS) is 12.9. The van der Waals surface area contributed by atoms with Crippen LogP contribution in [0.3, 0.4) is 0 Å². The van der Waals surface area contributed by atoms with Crippen LogP contribution in [0.15, 0.2) is 24.3 Å². The number of methoxy groups -OCH3 is 1. The second-order valence-corrected chi connectivity index (χ2v) is 4.47. The summed E-state index contributed by atoms with van der Waals surface area (Å²) in [6.07, 6.45) is -0.0804. The van der Waals surface area contributed by atoms with Crippen molar-refractivity contribution >= 4 is 0 Å². The molecule has 0 radical (unpaired) electrons. The zero-order valence-corrected chi connectivity index (χ0v) is 11.3. The van der Waals surface area contributed by atoms with Crippen molar-refractivity contribution in [2.75, 3.05) is 26.9 Å². The lowest BCUT2D eigenvalue weighted by molar-refractivity contribution is 0.0158. The van der Waals surface area contributed by atoms with E-state index in [1.54, 1.807) is 19.2 Å². The minimum Gasteiger partial charge on any atom is -0.382 e. The van der Waals surface area contributed by atoms with E-state index in [-0.39, 0.29) is 11.9 Å². The molecular weight excluding hydrogens is 233 g/mol. The molecule has 102 valence electrons. The van der Waals surface area contributed by atoms with Gasteiger partial charge in [0.2, 0.25) is 0 Å². The van der Waals surface area contributed by atoms with E-state index in [4.69, 9.17) is 9.47 Å². The van der Waals surface area contributed by atoms with Gasteiger partial charge in [0.05, 0.1) is 19.3 Å². The third kappa shape index (κ3) is 5.58. The minimum absolute atomic E-state index is 0.0804. The molecule has 1 atom stereocenters. The monoisotopic (exact) mass is 255 g/mol. The molecule has 3 nitrogen and oxygen atoms in total. The molecule has 0 aliphatic heterocycles. The van der Waals surface area contributed by atoms with E-state index in [2.05, 4.69) is 19.2 Å². The molecule has 1 aromatic carbocycles. The van der Waals surface area contributed by atoms with Crippen molar-refractivity contribution in [3.63, 3.8) is 0 Å². The first-order chi connectivity index (χ1) is 8.63. The predicted octanol–water partition coefficient (Wildman–Crippen LogP) is 2.53. The van der Waals surface area contributed by atoms with Crippen molar-refractivity contribution in [3.05, 3.63) is 35.6 Å². The van der Waals surface area contributed by atoms with Crippen LogP contribution in [-0.2, 0) is 9.47 Å². The zero-order chi connectivity index (χ0) is 13.4. The van der Waals surface area contributed by atoms with Crippen LogP contribution < -0.4 is 5.32 Å². The quantitative estimate of drug-likeness (QED) is 0.724. The fraction of sp³-hybridized carbons (Fsp3) is 0.571. The third-order valence-corrected chi connectivity index (χ3v) is 2.56. The van der Waals surface area contributed by atoms with Crippen LogP contribution in [0.2, 0.25) is 0 Å². The molecule has 0 aromatic heterocycles. The second kappa shape index (κ2) is 8.19. The van der Waals surface area contributed by atoms with Gasteiger partial charge in [0.15, 0.2) is 0 Å². The van der Waals surface area contributed by atoms with Gasteiger partial charge < -0.3 is 14.8 Å². The van der Waals surface area contributed by atoms with Gasteiger partial charge in [0.25, 0.3) is 0 Å². The summed E-state index contributed by atoms with van der Waals surface area (Å²) in [5, 5.41) is 3.33. The van der Waals surface area contributed by atoms with E-state index >= 15 is 0 Å². The highest BCUT2D eigenvalue weighted by atomic mass is 19.1. The fourth-order valence-electron chi connectivity index (χ4n) is 1.57. The van der Waals surface area contributed by atoms with Gasteiger partial charge in [-0.3, -0.25) is 0 Å². The molecule has 0 spiro atoms. The maximum atomic E-state index is 12.9. The zero-order valence-electron chi connectivity index (χ0n) is 11.3. The van der Waals surface area contributed by atoms with Gasteiger partial charge >= 0.3 is 0 Å². The molecular formula is C14H22FNO2. The van der Waals surface area contributed by atoms with Crippen molar-refractivity contribution < 1.29 is 13.9 Å². The molecule has 1 N–H and O–H groups in total. The Kier molecular flexibility index (Phi) is 6.86. The maximum Gasteiger partial charge on any atom is 0.123 e. The Morgan fingerprint density at radius 3 is 2.39 bits per heavy atom. The molecule has 1 rings (SSSR count). The summed E-state index contributed by atoms with van der Waals surface area (Å²) in [4.78, 5) is 0. The van der Waals surface area contributed by atoms with Crippen molar-refractivity contribution in [3.8, 4) is 0 Å². The summed E-state index contributed by atoms with van der Waals surface area (Å²) < 4.78 is 23.6. The van der Waals surface area contributed by atoms with E-state index in [9.17, 15) is 4.39 Å². The first-order valence-electron chi connectivity index (χ1n) is 6.23. The summed E-state index contributed by atoms with van der Waals surface area (Å²) in [6.45, 7) is 5.94. The van der Waals surface area contributed by atoms with Crippen molar-refractivity contribution in [2.45, 2.75) is 26.0 Å². The average molecular weight is 255 g/mol.